The van der Waals surface area contributed by atoms with Crippen LogP contribution >= 0.6 is 24.8 Å². The fourth-order valence-electron chi connectivity index (χ4n) is 1.75. The molecule has 0 aromatic heterocycles. The number of halogens is 2. The SMILES string of the molecule is CN(C)c1ccc2c(c1)CNCC2.Cl.Cl. The maximum atomic E-state index is 3.39. The van der Waals surface area contributed by atoms with E-state index in [0.717, 1.165) is 13.1 Å². The lowest BCUT2D eigenvalue weighted by Crippen LogP contribution is -2.24. The molecule has 1 aromatic carbocycles. The van der Waals surface area contributed by atoms with Crippen LogP contribution in [0.5, 0.6) is 0 Å². The van der Waals surface area contributed by atoms with E-state index in [9.17, 15) is 0 Å². The van der Waals surface area contributed by atoms with Gasteiger partial charge < -0.3 is 10.2 Å². The van der Waals surface area contributed by atoms with Crippen LogP contribution in [0.2, 0.25) is 0 Å². The topological polar surface area (TPSA) is 15.3 Å². The quantitative estimate of drug-likeness (QED) is 0.821. The lowest BCUT2D eigenvalue weighted by molar-refractivity contribution is 0.644. The second kappa shape index (κ2) is 6.21. The van der Waals surface area contributed by atoms with E-state index in [1.54, 1.807) is 0 Å². The molecule has 0 atom stereocenters. The van der Waals surface area contributed by atoms with Crippen LogP contribution in [0, 0.1) is 0 Å². The number of nitrogens with one attached hydrogen (secondary N) is 1. The Morgan fingerprint density at radius 3 is 2.53 bits per heavy atom. The predicted molar refractivity (Wildman–Crippen MR) is 70.7 cm³/mol. The highest BCUT2D eigenvalue weighted by molar-refractivity contribution is 5.85. The van der Waals surface area contributed by atoms with Crippen LogP contribution in [0.15, 0.2) is 18.2 Å². The molecule has 1 heterocycles. The molecule has 0 saturated heterocycles. The zero-order chi connectivity index (χ0) is 9.26. The van der Waals surface area contributed by atoms with Gasteiger partial charge in [0.15, 0.2) is 0 Å². The molecule has 0 bridgehead atoms. The number of nitrogens with zero attached hydrogens (tertiary/aromatic N) is 1. The molecule has 0 amide bonds. The van der Waals surface area contributed by atoms with Gasteiger partial charge in [-0.25, -0.2) is 0 Å². The van der Waals surface area contributed by atoms with Gasteiger partial charge in [0, 0.05) is 26.3 Å². The fraction of sp³-hybridized carbons (Fsp3) is 0.455. The average Bonchev–Trinajstić information content (AvgIpc) is 2.17. The number of rotatable bonds is 1. The molecule has 1 N–H and O–H groups in total. The van der Waals surface area contributed by atoms with Crippen LogP contribution in [0.1, 0.15) is 11.1 Å². The summed E-state index contributed by atoms with van der Waals surface area (Å²) in [7, 11) is 4.16. The van der Waals surface area contributed by atoms with Crippen molar-refractivity contribution in [3.63, 3.8) is 0 Å². The molecule has 1 aromatic rings. The summed E-state index contributed by atoms with van der Waals surface area (Å²) in [4.78, 5) is 2.15. The van der Waals surface area contributed by atoms with Gasteiger partial charge in [-0.15, -0.1) is 24.8 Å². The van der Waals surface area contributed by atoms with Gasteiger partial charge in [0.1, 0.15) is 0 Å². The number of fused-ring (bicyclic) bond motifs is 1. The van der Waals surface area contributed by atoms with Crippen molar-refractivity contribution < 1.29 is 0 Å². The van der Waals surface area contributed by atoms with Crippen molar-refractivity contribution in [3.05, 3.63) is 29.3 Å². The van der Waals surface area contributed by atoms with Crippen molar-refractivity contribution in [1.29, 1.82) is 0 Å². The molecule has 0 spiro atoms. The minimum Gasteiger partial charge on any atom is -0.378 e. The smallest absolute Gasteiger partial charge is 0.0364 e. The van der Waals surface area contributed by atoms with E-state index in [-0.39, 0.29) is 24.8 Å². The first-order valence-electron chi connectivity index (χ1n) is 4.77. The van der Waals surface area contributed by atoms with Gasteiger partial charge in [-0.05, 0) is 36.2 Å². The van der Waals surface area contributed by atoms with Gasteiger partial charge in [0.05, 0.1) is 0 Å². The van der Waals surface area contributed by atoms with Crippen molar-refractivity contribution in [1.82, 2.24) is 5.32 Å². The molecule has 86 valence electrons. The normalized spacial score (nSPS) is 13.2. The van der Waals surface area contributed by atoms with Crippen molar-refractivity contribution in [2.75, 3.05) is 25.5 Å². The van der Waals surface area contributed by atoms with Crippen LogP contribution in [-0.4, -0.2) is 20.6 Å². The van der Waals surface area contributed by atoms with Crippen molar-refractivity contribution >= 4 is 30.5 Å². The molecule has 0 unspecified atom stereocenters. The molecule has 4 heteroatoms. The molecule has 15 heavy (non-hydrogen) atoms. The van der Waals surface area contributed by atoms with Gasteiger partial charge in [-0.1, -0.05) is 6.07 Å². The summed E-state index contributed by atoms with van der Waals surface area (Å²) < 4.78 is 0. The molecule has 1 aliphatic heterocycles. The van der Waals surface area contributed by atoms with Gasteiger partial charge in [-0.2, -0.15) is 0 Å². The molecule has 2 nitrogen and oxygen atoms in total. The highest BCUT2D eigenvalue weighted by atomic mass is 35.5. The van der Waals surface area contributed by atoms with Gasteiger partial charge in [0.25, 0.3) is 0 Å². The number of hydrogen-bond donors (Lipinski definition) is 1. The number of benzene rings is 1. The molecule has 1 aliphatic rings. The first kappa shape index (κ1) is 14.6. The highest BCUT2D eigenvalue weighted by Gasteiger charge is 2.08. The van der Waals surface area contributed by atoms with Gasteiger partial charge >= 0.3 is 0 Å². The monoisotopic (exact) mass is 248 g/mol. The van der Waals surface area contributed by atoms with E-state index in [1.165, 1.54) is 23.2 Å². The molecular weight excluding hydrogens is 231 g/mol. The second-order valence-electron chi connectivity index (χ2n) is 3.77. The summed E-state index contributed by atoms with van der Waals surface area (Å²) in [5.74, 6) is 0. The third kappa shape index (κ3) is 3.26. The van der Waals surface area contributed by atoms with Gasteiger partial charge in [0.2, 0.25) is 0 Å². The van der Waals surface area contributed by atoms with E-state index in [0.29, 0.717) is 0 Å². The molecule has 0 saturated carbocycles. The third-order valence-corrected chi connectivity index (χ3v) is 2.59. The van der Waals surface area contributed by atoms with Crippen LogP contribution in [-0.2, 0) is 13.0 Å². The fourth-order valence-corrected chi connectivity index (χ4v) is 1.75. The van der Waals surface area contributed by atoms with E-state index >= 15 is 0 Å². The Morgan fingerprint density at radius 2 is 1.87 bits per heavy atom. The summed E-state index contributed by atoms with van der Waals surface area (Å²) in [6, 6.07) is 6.73. The van der Waals surface area contributed by atoms with Crippen molar-refractivity contribution in [2.45, 2.75) is 13.0 Å². The lowest BCUT2D eigenvalue weighted by atomic mass is 10.0. The van der Waals surface area contributed by atoms with Gasteiger partial charge in [-0.3, -0.25) is 0 Å². The molecule has 2 rings (SSSR count). The number of hydrogen-bond acceptors (Lipinski definition) is 2. The summed E-state index contributed by atoms with van der Waals surface area (Å²) in [5, 5.41) is 3.39. The first-order chi connectivity index (χ1) is 6.27. The summed E-state index contributed by atoms with van der Waals surface area (Å²) in [6.07, 6.45) is 1.17. The van der Waals surface area contributed by atoms with Crippen LogP contribution < -0.4 is 10.2 Å². The lowest BCUT2D eigenvalue weighted by Gasteiger charge is -2.20. The Labute approximate surface area is 104 Å². The van der Waals surface area contributed by atoms with Crippen LogP contribution in [0.25, 0.3) is 0 Å². The molecule has 0 radical (unpaired) electrons. The zero-order valence-corrected chi connectivity index (χ0v) is 10.8. The Kier molecular flexibility index (Phi) is 6.03. The Balaban J connectivity index is 0.000000980. The molecule has 0 aliphatic carbocycles. The van der Waals surface area contributed by atoms with E-state index < -0.39 is 0 Å². The van der Waals surface area contributed by atoms with E-state index in [2.05, 4.69) is 42.5 Å². The maximum absolute atomic E-state index is 3.39. The predicted octanol–water partition coefficient (Wildman–Crippen LogP) is 2.24. The maximum Gasteiger partial charge on any atom is 0.0364 e. The highest BCUT2D eigenvalue weighted by Crippen LogP contribution is 2.20. The Hall–Kier alpha value is -0.440. The van der Waals surface area contributed by atoms with Crippen LogP contribution in [0.4, 0.5) is 5.69 Å². The number of anilines is 1. The van der Waals surface area contributed by atoms with Crippen molar-refractivity contribution in [2.24, 2.45) is 0 Å². The zero-order valence-electron chi connectivity index (χ0n) is 9.12. The second-order valence-corrected chi connectivity index (χ2v) is 3.77. The van der Waals surface area contributed by atoms with E-state index in [4.69, 9.17) is 0 Å². The minimum absolute atomic E-state index is 0. The van der Waals surface area contributed by atoms with Crippen LogP contribution in [0.3, 0.4) is 0 Å². The Morgan fingerprint density at radius 1 is 1.13 bits per heavy atom. The largest absolute Gasteiger partial charge is 0.378 e. The summed E-state index contributed by atoms with van der Waals surface area (Å²) >= 11 is 0. The summed E-state index contributed by atoms with van der Waals surface area (Å²) in [6.45, 7) is 2.14. The van der Waals surface area contributed by atoms with E-state index in [1.807, 2.05) is 0 Å². The first-order valence-corrected chi connectivity index (χ1v) is 4.77. The standard InChI is InChI=1S/C11H16N2.2ClH/c1-13(2)11-4-3-9-5-6-12-8-10(9)7-11;;/h3-4,7,12H,5-6,8H2,1-2H3;2*1H. The summed E-state index contributed by atoms with van der Waals surface area (Å²) in [5.41, 5.74) is 4.25. The molecule has 0 fully saturated rings. The Bertz CT molecular complexity index is 313. The van der Waals surface area contributed by atoms with Crippen molar-refractivity contribution in [3.8, 4) is 0 Å². The molecular formula is C11H18Cl2N2. The average molecular weight is 249 g/mol. The minimum atomic E-state index is 0. The third-order valence-electron chi connectivity index (χ3n) is 2.59.